The van der Waals surface area contributed by atoms with E-state index in [1.807, 2.05) is 12.1 Å². The zero-order valence-electron chi connectivity index (χ0n) is 14.5. The molecule has 7 nitrogen and oxygen atoms in total. The number of aromatic nitrogens is 1. The first-order valence-electron chi connectivity index (χ1n) is 8.41. The van der Waals surface area contributed by atoms with Crippen molar-refractivity contribution in [3.8, 4) is 5.75 Å². The first-order valence-corrected chi connectivity index (χ1v) is 8.41. The molecule has 0 aliphatic heterocycles. The third kappa shape index (κ3) is 3.83. The number of ether oxygens (including phenoxy) is 1. The Balaban J connectivity index is 1.66. The van der Waals surface area contributed by atoms with Crippen molar-refractivity contribution in [1.29, 1.82) is 0 Å². The molecule has 0 spiro atoms. The maximum Gasteiger partial charge on any atom is 0.313 e. The fourth-order valence-electron chi connectivity index (χ4n) is 3.18. The van der Waals surface area contributed by atoms with Crippen LogP contribution in [0.5, 0.6) is 5.75 Å². The Hall–Kier alpha value is -2.93. The van der Waals surface area contributed by atoms with Gasteiger partial charge in [-0.2, -0.15) is 0 Å². The molecule has 0 saturated heterocycles. The standard InChI is InChI=1S/C19H21N3O4/c1-26-15-6-7-16-13(10-15)4-2-8-19(16,25)12-21-17(23)18(24)22-14-5-3-9-20-11-14/h3,5-7,9-11,25H,2,4,8,12H2,1H3,(H,21,23)(H,22,24)/t19-/m1/s1. The minimum absolute atomic E-state index is 0.0361. The summed E-state index contributed by atoms with van der Waals surface area (Å²) in [5.41, 5.74) is 0.982. The van der Waals surface area contributed by atoms with Gasteiger partial charge in [0.25, 0.3) is 0 Å². The molecule has 1 aromatic carbocycles. The highest BCUT2D eigenvalue weighted by Gasteiger charge is 2.35. The fraction of sp³-hybridized carbons (Fsp3) is 0.316. The lowest BCUT2D eigenvalue weighted by Crippen LogP contribution is -2.46. The molecule has 2 amide bonds. The highest BCUT2D eigenvalue weighted by Crippen LogP contribution is 2.36. The lowest BCUT2D eigenvalue weighted by molar-refractivity contribution is -0.137. The van der Waals surface area contributed by atoms with Crippen molar-refractivity contribution in [3.05, 3.63) is 53.9 Å². The van der Waals surface area contributed by atoms with Crippen LogP contribution in [-0.4, -0.2) is 35.6 Å². The number of anilines is 1. The van der Waals surface area contributed by atoms with E-state index in [0.717, 1.165) is 29.7 Å². The van der Waals surface area contributed by atoms with Crippen molar-refractivity contribution in [1.82, 2.24) is 10.3 Å². The molecule has 3 rings (SSSR count). The van der Waals surface area contributed by atoms with Crippen molar-refractivity contribution in [2.24, 2.45) is 0 Å². The zero-order chi connectivity index (χ0) is 18.6. The molecule has 0 bridgehead atoms. The van der Waals surface area contributed by atoms with Crippen molar-refractivity contribution in [2.75, 3.05) is 19.0 Å². The van der Waals surface area contributed by atoms with Crippen LogP contribution >= 0.6 is 0 Å². The molecule has 1 heterocycles. The van der Waals surface area contributed by atoms with Gasteiger partial charge in [-0.15, -0.1) is 0 Å². The molecule has 2 aromatic rings. The van der Waals surface area contributed by atoms with E-state index in [1.165, 1.54) is 6.20 Å². The number of hydrogen-bond donors (Lipinski definition) is 3. The lowest BCUT2D eigenvalue weighted by atomic mass is 9.79. The van der Waals surface area contributed by atoms with Gasteiger partial charge >= 0.3 is 11.8 Å². The molecular weight excluding hydrogens is 334 g/mol. The molecular formula is C19H21N3O4. The number of carbonyl (C=O) groups excluding carboxylic acids is 2. The number of methoxy groups -OCH3 is 1. The summed E-state index contributed by atoms with van der Waals surface area (Å²) < 4.78 is 5.23. The van der Waals surface area contributed by atoms with E-state index in [2.05, 4.69) is 15.6 Å². The van der Waals surface area contributed by atoms with Crippen LogP contribution in [0, 0.1) is 0 Å². The number of amides is 2. The number of hydrogen-bond acceptors (Lipinski definition) is 5. The fourth-order valence-corrected chi connectivity index (χ4v) is 3.18. The number of benzene rings is 1. The van der Waals surface area contributed by atoms with E-state index >= 15 is 0 Å². The molecule has 3 N–H and O–H groups in total. The number of fused-ring (bicyclic) bond motifs is 1. The second-order valence-electron chi connectivity index (χ2n) is 6.29. The van der Waals surface area contributed by atoms with Gasteiger partial charge in [0.05, 0.1) is 25.5 Å². The number of nitrogens with one attached hydrogen (secondary N) is 2. The average molecular weight is 355 g/mol. The van der Waals surface area contributed by atoms with Crippen LogP contribution in [0.4, 0.5) is 5.69 Å². The summed E-state index contributed by atoms with van der Waals surface area (Å²) in [5.74, 6) is -0.872. The van der Waals surface area contributed by atoms with Gasteiger partial charge in [-0.25, -0.2) is 0 Å². The van der Waals surface area contributed by atoms with Gasteiger partial charge < -0.3 is 20.5 Å². The van der Waals surface area contributed by atoms with Crippen molar-refractivity contribution >= 4 is 17.5 Å². The Morgan fingerprint density at radius 1 is 1.31 bits per heavy atom. The Labute approximate surface area is 151 Å². The second kappa shape index (κ2) is 7.53. The van der Waals surface area contributed by atoms with Gasteiger partial charge in [0, 0.05) is 6.20 Å². The number of aryl methyl sites for hydroxylation is 1. The molecule has 1 aliphatic rings. The molecule has 1 atom stereocenters. The van der Waals surface area contributed by atoms with Gasteiger partial charge in [0.1, 0.15) is 11.4 Å². The summed E-state index contributed by atoms with van der Waals surface area (Å²) in [6.45, 7) is -0.0361. The van der Waals surface area contributed by atoms with Crippen LogP contribution in [-0.2, 0) is 21.6 Å². The maximum absolute atomic E-state index is 12.1. The third-order valence-electron chi connectivity index (χ3n) is 4.52. The normalized spacial score (nSPS) is 18.5. The average Bonchev–Trinajstić information content (AvgIpc) is 2.66. The highest BCUT2D eigenvalue weighted by molar-refractivity contribution is 6.39. The smallest absolute Gasteiger partial charge is 0.313 e. The van der Waals surface area contributed by atoms with E-state index in [1.54, 1.807) is 31.5 Å². The van der Waals surface area contributed by atoms with Crippen LogP contribution in [0.2, 0.25) is 0 Å². The molecule has 0 saturated carbocycles. The van der Waals surface area contributed by atoms with E-state index in [-0.39, 0.29) is 6.54 Å². The molecule has 1 aliphatic carbocycles. The Morgan fingerprint density at radius 2 is 2.15 bits per heavy atom. The van der Waals surface area contributed by atoms with Gasteiger partial charge in [0.15, 0.2) is 0 Å². The third-order valence-corrected chi connectivity index (χ3v) is 4.52. The second-order valence-corrected chi connectivity index (χ2v) is 6.29. The van der Waals surface area contributed by atoms with E-state index in [0.29, 0.717) is 12.1 Å². The number of pyridine rings is 1. The molecule has 26 heavy (non-hydrogen) atoms. The molecule has 0 radical (unpaired) electrons. The largest absolute Gasteiger partial charge is 0.497 e. The molecule has 7 heteroatoms. The maximum atomic E-state index is 12.1. The first kappa shape index (κ1) is 17.9. The molecule has 1 aromatic heterocycles. The number of aliphatic hydroxyl groups is 1. The number of rotatable bonds is 4. The predicted molar refractivity (Wildman–Crippen MR) is 95.7 cm³/mol. The Bertz CT molecular complexity index is 810. The zero-order valence-corrected chi connectivity index (χ0v) is 14.5. The number of nitrogens with zero attached hydrogens (tertiary/aromatic N) is 1. The molecule has 136 valence electrons. The topological polar surface area (TPSA) is 101 Å². The summed E-state index contributed by atoms with van der Waals surface area (Å²) in [6, 6.07) is 8.79. The van der Waals surface area contributed by atoms with Crippen LogP contribution in [0.25, 0.3) is 0 Å². The summed E-state index contributed by atoms with van der Waals surface area (Å²) in [5, 5.41) is 16.0. The van der Waals surface area contributed by atoms with E-state index in [4.69, 9.17) is 4.74 Å². The Kier molecular flexibility index (Phi) is 5.18. The summed E-state index contributed by atoms with van der Waals surface area (Å²) >= 11 is 0. The van der Waals surface area contributed by atoms with Crippen LogP contribution in [0.15, 0.2) is 42.7 Å². The van der Waals surface area contributed by atoms with Gasteiger partial charge in [-0.1, -0.05) is 6.07 Å². The monoisotopic (exact) mass is 355 g/mol. The SMILES string of the molecule is COc1ccc2c(c1)CCC[C@@]2(O)CNC(=O)C(=O)Nc1cccnc1. The molecule has 0 unspecified atom stereocenters. The minimum Gasteiger partial charge on any atom is -0.497 e. The summed E-state index contributed by atoms with van der Waals surface area (Å²) in [4.78, 5) is 27.9. The van der Waals surface area contributed by atoms with E-state index < -0.39 is 17.4 Å². The lowest BCUT2D eigenvalue weighted by Gasteiger charge is -2.34. The van der Waals surface area contributed by atoms with Gasteiger partial charge in [0.2, 0.25) is 0 Å². The summed E-state index contributed by atoms with van der Waals surface area (Å²) in [7, 11) is 1.60. The van der Waals surface area contributed by atoms with Crippen molar-refractivity contribution in [2.45, 2.75) is 24.9 Å². The van der Waals surface area contributed by atoms with Gasteiger partial charge in [-0.05, 0) is 54.7 Å². The van der Waals surface area contributed by atoms with E-state index in [9.17, 15) is 14.7 Å². The number of carbonyl (C=O) groups is 2. The van der Waals surface area contributed by atoms with Crippen LogP contribution in [0.1, 0.15) is 24.0 Å². The van der Waals surface area contributed by atoms with Gasteiger partial charge in [-0.3, -0.25) is 14.6 Å². The quantitative estimate of drug-likeness (QED) is 0.719. The van der Waals surface area contributed by atoms with Crippen molar-refractivity contribution in [3.63, 3.8) is 0 Å². The van der Waals surface area contributed by atoms with Crippen LogP contribution < -0.4 is 15.4 Å². The predicted octanol–water partition coefficient (Wildman–Crippen LogP) is 1.37. The Morgan fingerprint density at radius 3 is 2.88 bits per heavy atom. The summed E-state index contributed by atoms with van der Waals surface area (Å²) in [6.07, 6.45) is 5.15. The minimum atomic E-state index is -1.20. The first-order chi connectivity index (χ1) is 12.5. The molecule has 0 fully saturated rings. The highest BCUT2D eigenvalue weighted by atomic mass is 16.5. The van der Waals surface area contributed by atoms with Crippen molar-refractivity contribution < 1.29 is 19.4 Å². The van der Waals surface area contributed by atoms with Crippen LogP contribution in [0.3, 0.4) is 0 Å².